The number of benzene rings is 1. The molecule has 7 nitrogen and oxygen atoms in total. The van der Waals surface area contributed by atoms with Gasteiger partial charge in [0.1, 0.15) is 5.75 Å². The maximum Gasteiger partial charge on any atom is 0.260 e. The predicted molar refractivity (Wildman–Crippen MR) is 134 cm³/mol. The molecule has 0 aromatic heterocycles. The molecule has 3 aliphatic heterocycles. The van der Waals surface area contributed by atoms with Crippen LogP contribution in [0.4, 0.5) is 0 Å². The Bertz CT molecular complexity index is 788. The third-order valence-electron chi connectivity index (χ3n) is 8.11. The van der Waals surface area contributed by atoms with Gasteiger partial charge < -0.3 is 19.4 Å². The summed E-state index contributed by atoms with van der Waals surface area (Å²) in [7, 11) is 4.29. The zero-order valence-corrected chi connectivity index (χ0v) is 21.0. The summed E-state index contributed by atoms with van der Waals surface area (Å²) in [5, 5.41) is 0. The molecular formula is C27H42N4O3. The number of rotatable bonds is 7. The van der Waals surface area contributed by atoms with Gasteiger partial charge in [0.15, 0.2) is 6.61 Å². The highest BCUT2D eigenvalue weighted by molar-refractivity contribution is 5.79. The molecule has 4 rings (SSSR count). The second-order valence-corrected chi connectivity index (χ2v) is 10.4. The zero-order valence-electron chi connectivity index (χ0n) is 21.0. The van der Waals surface area contributed by atoms with Crippen LogP contribution in [0.15, 0.2) is 30.3 Å². The molecule has 3 fully saturated rings. The molecule has 0 aliphatic carbocycles. The van der Waals surface area contributed by atoms with Gasteiger partial charge in [0.05, 0.1) is 6.54 Å². The first-order valence-corrected chi connectivity index (χ1v) is 13.1. The third-order valence-corrected chi connectivity index (χ3v) is 8.11. The molecule has 0 spiro atoms. The van der Waals surface area contributed by atoms with Crippen LogP contribution in [0.5, 0.6) is 5.75 Å². The molecule has 34 heavy (non-hydrogen) atoms. The van der Waals surface area contributed by atoms with Crippen molar-refractivity contribution in [3.63, 3.8) is 0 Å². The highest BCUT2D eigenvalue weighted by Crippen LogP contribution is 2.31. The standard InChI is InChI=1S/C27H42N4O3/c1-28-16-13-23(14-17-28)29(2)20-26(32)31-15-7-6-10-25(31)22-11-18-30(19-12-22)27(33)21-34-24-8-4-3-5-9-24/h3-5,8-9,22-23,25H,6-7,10-21H2,1-2H3. The number of carbonyl (C=O) groups excluding carboxylic acids is 2. The topological polar surface area (TPSA) is 56.3 Å². The number of para-hydroxylation sites is 1. The quantitative estimate of drug-likeness (QED) is 0.613. The van der Waals surface area contributed by atoms with E-state index in [0.717, 1.165) is 77.0 Å². The van der Waals surface area contributed by atoms with Gasteiger partial charge in [0, 0.05) is 31.7 Å². The molecular weight excluding hydrogens is 428 g/mol. The maximum absolute atomic E-state index is 13.4. The van der Waals surface area contributed by atoms with Gasteiger partial charge in [-0.2, -0.15) is 0 Å². The summed E-state index contributed by atoms with van der Waals surface area (Å²) < 4.78 is 5.65. The molecule has 3 heterocycles. The average Bonchev–Trinajstić information content (AvgIpc) is 2.88. The Morgan fingerprint density at radius 1 is 0.912 bits per heavy atom. The van der Waals surface area contributed by atoms with Crippen molar-refractivity contribution in [3.8, 4) is 5.75 Å². The molecule has 1 atom stereocenters. The van der Waals surface area contributed by atoms with E-state index in [1.54, 1.807) is 0 Å². The lowest BCUT2D eigenvalue weighted by atomic mass is 9.83. The summed E-state index contributed by atoms with van der Waals surface area (Å²) >= 11 is 0. The molecule has 0 saturated carbocycles. The monoisotopic (exact) mass is 470 g/mol. The minimum atomic E-state index is 0.0543. The van der Waals surface area contributed by atoms with Crippen LogP contribution in [0.25, 0.3) is 0 Å². The summed E-state index contributed by atoms with van der Waals surface area (Å²) in [6.07, 6.45) is 7.62. The molecule has 1 unspecified atom stereocenters. The summed E-state index contributed by atoms with van der Waals surface area (Å²) in [5.41, 5.74) is 0. The molecule has 0 radical (unpaired) electrons. The highest BCUT2D eigenvalue weighted by Gasteiger charge is 2.36. The summed E-state index contributed by atoms with van der Waals surface area (Å²) in [6, 6.07) is 10.3. The van der Waals surface area contributed by atoms with Crippen molar-refractivity contribution in [2.75, 3.05) is 60.0 Å². The van der Waals surface area contributed by atoms with E-state index in [1.165, 1.54) is 6.42 Å². The molecule has 188 valence electrons. The second-order valence-electron chi connectivity index (χ2n) is 10.4. The summed E-state index contributed by atoms with van der Waals surface area (Å²) in [6.45, 7) is 5.25. The minimum absolute atomic E-state index is 0.0543. The van der Waals surface area contributed by atoms with Gasteiger partial charge in [-0.15, -0.1) is 0 Å². The van der Waals surface area contributed by atoms with Crippen LogP contribution in [-0.2, 0) is 9.59 Å². The van der Waals surface area contributed by atoms with E-state index in [-0.39, 0.29) is 12.5 Å². The van der Waals surface area contributed by atoms with Crippen LogP contribution in [0, 0.1) is 5.92 Å². The molecule has 1 aromatic rings. The van der Waals surface area contributed by atoms with Crippen LogP contribution in [0.3, 0.4) is 0 Å². The predicted octanol–water partition coefficient (Wildman–Crippen LogP) is 2.71. The van der Waals surface area contributed by atoms with E-state index in [2.05, 4.69) is 28.8 Å². The van der Waals surface area contributed by atoms with Crippen molar-refractivity contribution in [1.82, 2.24) is 19.6 Å². The number of hydrogen-bond donors (Lipinski definition) is 0. The fourth-order valence-electron chi connectivity index (χ4n) is 5.91. The van der Waals surface area contributed by atoms with Gasteiger partial charge in [-0.1, -0.05) is 18.2 Å². The molecule has 7 heteroatoms. The normalized spacial score (nSPS) is 23.3. The van der Waals surface area contributed by atoms with Crippen molar-refractivity contribution >= 4 is 11.8 Å². The van der Waals surface area contributed by atoms with E-state index >= 15 is 0 Å². The first-order valence-electron chi connectivity index (χ1n) is 13.1. The van der Waals surface area contributed by atoms with Crippen LogP contribution in [0.2, 0.25) is 0 Å². The van der Waals surface area contributed by atoms with Crippen molar-refractivity contribution in [1.29, 1.82) is 0 Å². The average molecular weight is 471 g/mol. The first-order chi connectivity index (χ1) is 16.5. The Balaban J connectivity index is 1.25. The lowest BCUT2D eigenvalue weighted by Gasteiger charge is -2.44. The fourth-order valence-corrected chi connectivity index (χ4v) is 5.91. The number of carbonyl (C=O) groups is 2. The Morgan fingerprint density at radius 3 is 2.32 bits per heavy atom. The molecule has 1 aromatic carbocycles. The smallest absolute Gasteiger partial charge is 0.260 e. The van der Waals surface area contributed by atoms with Gasteiger partial charge in [-0.3, -0.25) is 14.5 Å². The highest BCUT2D eigenvalue weighted by atomic mass is 16.5. The van der Waals surface area contributed by atoms with E-state index in [1.807, 2.05) is 35.2 Å². The van der Waals surface area contributed by atoms with Gasteiger partial charge >= 0.3 is 0 Å². The SMILES string of the molecule is CN1CCC(N(C)CC(=O)N2CCCCC2C2CCN(C(=O)COc3ccccc3)CC2)CC1. The van der Waals surface area contributed by atoms with Crippen molar-refractivity contribution in [2.45, 2.75) is 57.0 Å². The number of likely N-dealkylation sites (N-methyl/N-ethyl adjacent to an activating group) is 1. The fraction of sp³-hybridized carbons (Fsp3) is 0.704. The minimum Gasteiger partial charge on any atom is -0.484 e. The Kier molecular flexibility index (Phi) is 8.84. The molecule has 3 aliphatic rings. The lowest BCUT2D eigenvalue weighted by Crippen LogP contribution is -2.54. The van der Waals surface area contributed by atoms with Crippen LogP contribution >= 0.6 is 0 Å². The summed E-state index contributed by atoms with van der Waals surface area (Å²) in [5.74, 6) is 1.56. The van der Waals surface area contributed by atoms with E-state index in [4.69, 9.17) is 4.74 Å². The van der Waals surface area contributed by atoms with E-state index in [9.17, 15) is 9.59 Å². The number of piperidine rings is 3. The first kappa shape index (κ1) is 25.0. The van der Waals surface area contributed by atoms with Crippen molar-refractivity contribution in [2.24, 2.45) is 5.92 Å². The number of amides is 2. The number of ether oxygens (including phenoxy) is 1. The summed E-state index contributed by atoms with van der Waals surface area (Å²) in [4.78, 5) is 34.8. The van der Waals surface area contributed by atoms with Gasteiger partial charge in [0.25, 0.3) is 5.91 Å². The molecule has 3 saturated heterocycles. The van der Waals surface area contributed by atoms with Crippen molar-refractivity contribution < 1.29 is 14.3 Å². The maximum atomic E-state index is 13.4. The van der Waals surface area contributed by atoms with E-state index in [0.29, 0.717) is 30.5 Å². The van der Waals surface area contributed by atoms with Crippen LogP contribution in [0.1, 0.15) is 44.9 Å². The van der Waals surface area contributed by atoms with Crippen LogP contribution < -0.4 is 4.74 Å². The Morgan fingerprint density at radius 2 is 1.62 bits per heavy atom. The Labute approximate surface area is 205 Å². The van der Waals surface area contributed by atoms with Gasteiger partial charge in [-0.05, 0) is 90.2 Å². The molecule has 0 bridgehead atoms. The number of likely N-dealkylation sites (tertiary alicyclic amines) is 3. The lowest BCUT2D eigenvalue weighted by molar-refractivity contribution is -0.140. The van der Waals surface area contributed by atoms with Gasteiger partial charge in [-0.25, -0.2) is 0 Å². The largest absolute Gasteiger partial charge is 0.484 e. The molecule has 0 N–H and O–H groups in total. The molecule has 2 amide bonds. The number of nitrogens with zero attached hydrogens (tertiary/aromatic N) is 4. The zero-order chi connectivity index (χ0) is 23.9. The van der Waals surface area contributed by atoms with Crippen molar-refractivity contribution in [3.05, 3.63) is 30.3 Å². The second kappa shape index (κ2) is 12.0. The van der Waals surface area contributed by atoms with Crippen LogP contribution in [-0.4, -0.2) is 103 Å². The third kappa shape index (κ3) is 6.51. The van der Waals surface area contributed by atoms with E-state index < -0.39 is 0 Å². The number of hydrogen-bond acceptors (Lipinski definition) is 5. The Hall–Kier alpha value is -2.12. The van der Waals surface area contributed by atoms with Gasteiger partial charge in [0.2, 0.25) is 5.91 Å².